The average Bonchev–Trinajstić information content (AvgIpc) is 2.99. The Bertz CT molecular complexity index is 653. The zero-order chi connectivity index (χ0) is 16.8. The summed E-state index contributed by atoms with van der Waals surface area (Å²) in [6.45, 7) is 3.88. The van der Waals surface area contributed by atoms with Crippen LogP contribution in [0.1, 0.15) is 20.3 Å². The number of amides is 1. The Morgan fingerprint density at radius 1 is 1.39 bits per heavy atom. The molecule has 1 amide bonds. The predicted octanol–water partition coefficient (Wildman–Crippen LogP) is 2.36. The first kappa shape index (κ1) is 17.3. The molecule has 0 saturated carbocycles. The molecule has 0 fully saturated rings. The number of hydrogen-bond acceptors (Lipinski definition) is 5. The van der Waals surface area contributed by atoms with Crippen LogP contribution in [0, 0.1) is 5.92 Å². The van der Waals surface area contributed by atoms with Crippen LogP contribution in [0.3, 0.4) is 0 Å². The number of imidazole rings is 1. The number of fused-ring (bicyclic) bond motifs is 1. The summed E-state index contributed by atoms with van der Waals surface area (Å²) < 4.78 is 4.76. The van der Waals surface area contributed by atoms with Gasteiger partial charge < -0.3 is 15.0 Å². The number of hydrogen-bond donors (Lipinski definition) is 2. The summed E-state index contributed by atoms with van der Waals surface area (Å²) in [6.07, 6.45) is 0.775. The third kappa shape index (κ3) is 4.48. The van der Waals surface area contributed by atoms with Gasteiger partial charge in [0.2, 0.25) is 5.91 Å². The van der Waals surface area contributed by atoms with Gasteiger partial charge in [-0.1, -0.05) is 44.2 Å². The normalized spacial score (nSPS) is 13.5. The molecule has 0 spiro atoms. The van der Waals surface area contributed by atoms with Gasteiger partial charge in [-0.15, -0.1) is 0 Å². The molecule has 0 aliphatic carbocycles. The lowest BCUT2D eigenvalue weighted by Crippen LogP contribution is -2.46. The number of aromatic amines is 1. The molecule has 0 saturated heterocycles. The lowest BCUT2D eigenvalue weighted by molar-refractivity contribution is -0.146. The minimum absolute atomic E-state index is 0.0163. The quantitative estimate of drug-likeness (QED) is 0.599. The topological polar surface area (TPSA) is 84.1 Å². The summed E-state index contributed by atoms with van der Waals surface area (Å²) in [6, 6.07) is 7.06. The predicted molar refractivity (Wildman–Crippen MR) is 90.2 cm³/mol. The highest BCUT2D eigenvalue weighted by Gasteiger charge is 2.26. The average molecular weight is 335 g/mol. The summed E-state index contributed by atoms with van der Waals surface area (Å²) in [5.41, 5.74) is 1.80. The lowest BCUT2D eigenvalue weighted by Gasteiger charge is -2.21. The van der Waals surface area contributed by atoms with Gasteiger partial charge in [0.1, 0.15) is 6.04 Å². The standard InChI is InChI=1S/C16H21N3O3S/c1-4-10(2)14(15(21)22-3)19-13(20)9-23-16-17-11-7-5-6-8-12(11)18-16/h5-8,10,14H,4,9H2,1-3H3,(H,17,18)(H,19,20). The number of aromatic nitrogens is 2. The summed E-state index contributed by atoms with van der Waals surface area (Å²) in [5, 5.41) is 3.43. The first-order valence-corrected chi connectivity index (χ1v) is 8.48. The van der Waals surface area contributed by atoms with Gasteiger partial charge in [0.05, 0.1) is 23.9 Å². The molecule has 0 aliphatic rings. The molecule has 7 heteroatoms. The second kappa shape index (κ2) is 8.01. The fraction of sp³-hybridized carbons (Fsp3) is 0.438. The smallest absolute Gasteiger partial charge is 0.328 e. The van der Waals surface area contributed by atoms with Gasteiger partial charge in [0, 0.05) is 0 Å². The number of methoxy groups -OCH3 is 1. The van der Waals surface area contributed by atoms with Gasteiger partial charge in [-0.25, -0.2) is 9.78 Å². The summed E-state index contributed by atoms with van der Waals surface area (Å²) in [7, 11) is 1.33. The van der Waals surface area contributed by atoms with Gasteiger partial charge >= 0.3 is 5.97 Å². The van der Waals surface area contributed by atoms with Crippen LogP contribution in [0.15, 0.2) is 29.4 Å². The summed E-state index contributed by atoms with van der Waals surface area (Å²) in [5.74, 6) is -0.431. The van der Waals surface area contributed by atoms with Gasteiger partial charge in [-0.2, -0.15) is 0 Å². The molecular weight excluding hydrogens is 314 g/mol. The molecule has 23 heavy (non-hydrogen) atoms. The highest BCUT2D eigenvalue weighted by atomic mass is 32.2. The summed E-state index contributed by atoms with van der Waals surface area (Å²) >= 11 is 1.30. The van der Waals surface area contributed by atoms with Crippen molar-refractivity contribution >= 4 is 34.7 Å². The number of carbonyl (C=O) groups is 2. The van der Waals surface area contributed by atoms with Crippen LogP contribution in [0.4, 0.5) is 0 Å². The van der Waals surface area contributed by atoms with Gasteiger partial charge in [-0.05, 0) is 18.1 Å². The van der Waals surface area contributed by atoms with Crippen molar-refractivity contribution in [2.45, 2.75) is 31.5 Å². The van der Waals surface area contributed by atoms with Crippen LogP contribution >= 0.6 is 11.8 Å². The van der Waals surface area contributed by atoms with E-state index in [0.29, 0.717) is 5.16 Å². The number of benzene rings is 1. The zero-order valence-corrected chi connectivity index (χ0v) is 14.3. The van der Waals surface area contributed by atoms with Crippen molar-refractivity contribution < 1.29 is 14.3 Å². The fourth-order valence-corrected chi connectivity index (χ4v) is 2.84. The van der Waals surface area contributed by atoms with Crippen molar-refractivity contribution in [3.63, 3.8) is 0 Å². The van der Waals surface area contributed by atoms with Crippen LogP contribution in [0.25, 0.3) is 11.0 Å². The van der Waals surface area contributed by atoms with Crippen molar-refractivity contribution in [2.75, 3.05) is 12.9 Å². The fourth-order valence-electron chi connectivity index (χ4n) is 2.14. The second-order valence-electron chi connectivity index (χ2n) is 5.30. The van der Waals surface area contributed by atoms with E-state index in [1.165, 1.54) is 18.9 Å². The Morgan fingerprint density at radius 2 is 2.13 bits per heavy atom. The second-order valence-corrected chi connectivity index (χ2v) is 6.27. The number of thioether (sulfide) groups is 1. The van der Waals surface area contributed by atoms with E-state index in [1.807, 2.05) is 38.1 Å². The molecule has 6 nitrogen and oxygen atoms in total. The van der Waals surface area contributed by atoms with Crippen molar-refractivity contribution in [1.82, 2.24) is 15.3 Å². The maximum absolute atomic E-state index is 12.1. The molecule has 2 unspecified atom stereocenters. The maximum atomic E-state index is 12.1. The maximum Gasteiger partial charge on any atom is 0.328 e. The molecule has 2 N–H and O–H groups in total. The Labute approximate surface area is 139 Å². The first-order chi connectivity index (χ1) is 11.0. The molecule has 2 atom stereocenters. The van der Waals surface area contributed by atoms with Crippen LogP contribution in [0.2, 0.25) is 0 Å². The van der Waals surface area contributed by atoms with E-state index < -0.39 is 12.0 Å². The largest absolute Gasteiger partial charge is 0.467 e. The highest BCUT2D eigenvalue weighted by molar-refractivity contribution is 7.99. The van der Waals surface area contributed by atoms with E-state index in [-0.39, 0.29) is 17.6 Å². The SMILES string of the molecule is CCC(C)C(NC(=O)CSc1nc2ccccc2[nH]1)C(=O)OC. The number of ether oxygens (including phenoxy) is 1. The van der Waals surface area contributed by atoms with Crippen molar-refractivity contribution in [3.05, 3.63) is 24.3 Å². The molecule has 0 radical (unpaired) electrons. The Kier molecular flexibility index (Phi) is 6.04. The minimum atomic E-state index is -0.617. The number of para-hydroxylation sites is 2. The molecule has 1 heterocycles. The van der Waals surface area contributed by atoms with E-state index in [1.54, 1.807) is 0 Å². The minimum Gasteiger partial charge on any atom is -0.467 e. The number of rotatable bonds is 7. The van der Waals surface area contributed by atoms with Gasteiger partial charge in [-0.3, -0.25) is 4.79 Å². The number of nitrogens with zero attached hydrogens (tertiary/aromatic N) is 1. The van der Waals surface area contributed by atoms with E-state index >= 15 is 0 Å². The van der Waals surface area contributed by atoms with Crippen LogP contribution in [-0.2, 0) is 14.3 Å². The zero-order valence-electron chi connectivity index (χ0n) is 13.5. The third-order valence-electron chi connectivity index (χ3n) is 3.69. The number of nitrogens with one attached hydrogen (secondary N) is 2. The van der Waals surface area contributed by atoms with Gasteiger partial charge in [0.25, 0.3) is 0 Å². The first-order valence-electron chi connectivity index (χ1n) is 7.49. The number of esters is 1. The molecule has 0 aliphatic heterocycles. The van der Waals surface area contributed by atoms with Crippen molar-refractivity contribution in [1.29, 1.82) is 0 Å². The van der Waals surface area contributed by atoms with Crippen LogP contribution < -0.4 is 5.32 Å². The molecule has 1 aromatic heterocycles. The molecule has 0 bridgehead atoms. The third-order valence-corrected chi connectivity index (χ3v) is 4.57. The number of H-pyrrole nitrogens is 1. The Hall–Kier alpha value is -2.02. The lowest BCUT2D eigenvalue weighted by atomic mass is 9.99. The van der Waals surface area contributed by atoms with Crippen LogP contribution in [0.5, 0.6) is 0 Å². The molecule has 2 aromatic rings. The highest BCUT2D eigenvalue weighted by Crippen LogP contribution is 2.19. The summed E-state index contributed by atoms with van der Waals surface area (Å²) in [4.78, 5) is 31.4. The van der Waals surface area contributed by atoms with E-state index in [2.05, 4.69) is 15.3 Å². The van der Waals surface area contributed by atoms with Crippen LogP contribution in [-0.4, -0.2) is 40.7 Å². The molecule has 1 aromatic carbocycles. The van der Waals surface area contributed by atoms with Crippen molar-refractivity contribution in [2.24, 2.45) is 5.92 Å². The Morgan fingerprint density at radius 3 is 2.78 bits per heavy atom. The van der Waals surface area contributed by atoms with E-state index in [0.717, 1.165) is 17.5 Å². The van der Waals surface area contributed by atoms with E-state index in [4.69, 9.17) is 4.74 Å². The van der Waals surface area contributed by atoms with Gasteiger partial charge in [0.15, 0.2) is 5.16 Å². The molecule has 2 rings (SSSR count). The Balaban J connectivity index is 1.94. The number of carbonyl (C=O) groups excluding carboxylic acids is 2. The van der Waals surface area contributed by atoms with E-state index in [9.17, 15) is 9.59 Å². The monoisotopic (exact) mass is 335 g/mol. The molecular formula is C16H21N3O3S. The molecule has 124 valence electrons. The van der Waals surface area contributed by atoms with Crippen molar-refractivity contribution in [3.8, 4) is 0 Å².